The number of alkyl carbamates (subject to hydrolysis) is 1. The van der Waals surface area contributed by atoms with E-state index in [1.54, 1.807) is 6.92 Å². The van der Waals surface area contributed by atoms with Gasteiger partial charge in [0, 0.05) is 11.5 Å². The molecule has 2 aliphatic rings. The van der Waals surface area contributed by atoms with Gasteiger partial charge >= 0.3 is 12.1 Å². The summed E-state index contributed by atoms with van der Waals surface area (Å²) in [5.41, 5.74) is 0.319. The third kappa shape index (κ3) is 3.95. The zero-order chi connectivity index (χ0) is 15.4. The first-order chi connectivity index (χ1) is 9.99. The van der Waals surface area contributed by atoms with E-state index in [-0.39, 0.29) is 25.4 Å². The summed E-state index contributed by atoms with van der Waals surface area (Å²) in [7, 11) is 0. The van der Waals surface area contributed by atoms with E-state index < -0.39 is 18.2 Å². The second-order valence-electron chi connectivity index (χ2n) is 5.36. The van der Waals surface area contributed by atoms with E-state index in [0.717, 1.165) is 0 Å². The van der Waals surface area contributed by atoms with Crippen molar-refractivity contribution in [2.75, 3.05) is 26.4 Å². The van der Waals surface area contributed by atoms with Gasteiger partial charge in [-0.15, -0.1) is 0 Å². The summed E-state index contributed by atoms with van der Waals surface area (Å²) in [5.74, 6) is -0.168. The van der Waals surface area contributed by atoms with Crippen molar-refractivity contribution in [1.29, 1.82) is 0 Å². The van der Waals surface area contributed by atoms with Crippen LogP contribution < -0.4 is 5.32 Å². The summed E-state index contributed by atoms with van der Waals surface area (Å²) < 4.78 is 21.3. The normalized spacial score (nSPS) is 30.6. The van der Waals surface area contributed by atoms with E-state index in [4.69, 9.17) is 18.9 Å². The average Bonchev–Trinajstić information content (AvgIpc) is 2.99. The van der Waals surface area contributed by atoms with Crippen molar-refractivity contribution in [1.82, 2.24) is 5.32 Å². The second kappa shape index (κ2) is 6.91. The molecule has 2 heterocycles. The van der Waals surface area contributed by atoms with E-state index in [9.17, 15) is 9.59 Å². The van der Waals surface area contributed by atoms with Gasteiger partial charge in [-0.2, -0.15) is 0 Å². The van der Waals surface area contributed by atoms with Crippen molar-refractivity contribution in [3.05, 3.63) is 12.2 Å². The van der Waals surface area contributed by atoms with Gasteiger partial charge in [-0.25, -0.2) is 9.59 Å². The van der Waals surface area contributed by atoms with Gasteiger partial charge in [-0.3, -0.25) is 0 Å². The Morgan fingerprint density at radius 3 is 2.71 bits per heavy atom. The summed E-state index contributed by atoms with van der Waals surface area (Å²) in [6, 6.07) is 0. The summed E-state index contributed by atoms with van der Waals surface area (Å²) in [6.07, 6.45) is -1.15. The number of hydrogen-bond acceptors (Lipinski definition) is 6. The van der Waals surface area contributed by atoms with Crippen molar-refractivity contribution in [2.24, 2.45) is 5.92 Å². The molecule has 1 N–H and O–H groups in total. The lowest BCUT2D eigenvalue weighted by atomic mass is 10.0. The standard InChI is InChI=1S/C14H21NO6/c1-8(2)13(16)18-5-4-15-14(17)21-10-7-20-11-9(3)6-19-12(10)11/h9-12H,1,4-7H2,2-3H3,(H,15,17)/t9-,10+,11+,12+/m0/s1. The molecule has 0 radical (unpaired) electrons. The molecule has 2 fully saturated rings. The van der Waals surface area contributed by atoms with E-state index >= 15 is 0 Å². The number of carbonyl (C=O) groups is 2. The van der Waals surface area contributed by atoms with Crippen LogP contribution in [0.25, 0.3) is 0 Å². The molecule has 0 saturated carbocycles. The number of fused-ring (bicyclic) bond motifs is 1. The Labute approximate surface area is 123 Å². The number of rotatable bonds is 5. The Morgan fingerprint density at radius 2 is 2.00 bits per heavy atom. The Morgan fingerprint density at radius 1 is 1.29 bits per heavy atom. The molecule has 2 saturated heterocycles. The van der Waals surface area contributed by atoms with Gasteiger partial charge in [0.15, 0.2) is 6.10 Å². The first-order valence-electron chi connectivity index (χ1n) is 6.99. The van der Waals surface area contributed by atoms with Gasteiger partial charge in [-0.1, -0.05) is 13.5 Å². The highest BCUT2D eigenvalue weighted by atomic mass is 16.6. The van der Waals surface area contributed by atoms with E-state index in [0.29, 0.717) is 24.7 Å². The topological polar surface area (TPSA) is 83.1 Å². The van der Waals surface area contributed by atoms with Gasteiger partial charge in [0.05, 0.1) is 25.9 Å². The lowest BCUT2D eigenvalue weighted by Crippen LogP contribution is -2.37. The lowest BCUT2D eigenvalue weighted by Gasteiger charge is -2.17. The van der Waals surface area contributed by atoms with E-state index in [1.807, 2.05) is 6.92 Å². The molecule has 2 rings (SSSR count). The molecule has 0 spiro atoms. The van der Waals surface area contributed by atoms with Crippen LogP contribution in [0, 0.1) is 5.92 Å². The molecule has 0 aliphatic carbocycles. The minimum Gasteiger partial charge on any atom is -0.460 e. The summed E-state index contributed by atoms with van der Waals surface area (Å²) >= 11 is 0. The molecule has 0 aromatic rings. The van der Waals surface area contributed by atoms with Crippen LogP contribution in [0.3, 0.4) is 0 Å². The molecule has 2 aliphatic heterocycles. The molecule has 21 heavy (non-hydrogen) atoms. The maximum atomic E-state index is 11.6. The molecular weight excluding hydrogens is 278 g/mol. The first kappa shape index (κ1) is 15.8. The zero-order valence-electron chi connectivity index (χ0n) is 12.3. The largest absolute Gasteiger partial charge is 0.460 e. The van der Waals surface area contributed by atoms with Crippen LogP contribution in [-0.2, 0) is 23.7 Å². The fourth-order valence-electron chi connectivity index (χ4n) is 2.36. The third-order valence-corrected chi connectivity index (χ3v) is 3.47. The van der Waals surface area contributed by atoms with Crippen LogP contribution in [0.15, 0.2) is 12.2 Å². The second-order valence-corrected chi connectivity index (χ2v) is 5.36. The minimum atomic E-state index is -0.571. The maximum Gasteiger partial charge on any atom is 0.407 e. The zero-order valence-corrected chi connectivity index (χ0v) is 12.3. The molecule has 1 amide bonds. The lowest BCUT2D eigenvalue weighted by molar-refractivity contribution is -0.138. The molecule has 4 atom stereocenters. The Bertz CT molecular complexity index is 424. The number of amides is 1. The predicted octanol–water partition coefficient (Wildman–Crippen LogP) is 0.634. The third-order valence-electron chi connectivity index (χ3n) is 3.47. The highest BCUT2D eigenvalue weighted by Crippen LogP contribution is 2.32. The van der Waals surface area contributed by atoms with Gasteiger partial charge < -0.3 is 24.3 Å². The average molecular weight is 299 g/mol. The summed E-state index contributed by atoms with van der Waals surface area (Å²) in [6.45, 7) is 8.28. The Hall–Kier alpha value is -1.60. The van der Waals surface area contributed by atoms with E-state index in [2.05, 4.69) is 11.9 Å². The Kier molecular flexibility index (Phi) is 5.19. The first-order valence-corrected chi connectivity index (χ1v) is 6.99. The smallest absolute Gasteiger partial charge is 0.407 e. The van der Waals surface area contributed by atoms with Crippen molar-refractivity contribution < 1.29 is 28.5 Å². The molecule has 7 nitrogen and oxygen atoms in total. The van der Waals surface area contributed by atoms with Crippen molar-refractivity contribution in [2.45, 2.75) is 32.2 Å². The monoisotopic (exact) mass is 299 g/mol. The summed E-state index contributed by atoms with van der Waals surface area (Å²) in [4.78, 5) is 22.8. The van der Waals surface area contributed by atoms with Crippen molar-refractivity contribution in [3.8, 4) is 0 Å². The highest BCUT2D eigenvalue weighted by molar-refractivity contribution is 5.86. The number of hydrogen-bond donors (Lipinski definition) is 1. The number of ether oxygens (including phenoxy) is 4. The van der Waals surface area contributed by atoms with Gasteiger partial charge in [0.1, 0.15) is 12.7 Å². The molecule has 0 unspecified atom stereocenters. The molecule has 7 heteroatoms. The van der Waals surface area contributed by atoms with Crippen LogP contribution in [0.5, 0.6) is 0 Å². The van der Waals surface area contributed by atoms with Gasteiger partial charge in [0.2, 0.25) is 0 Å². The quantitative estimate of drug-likeness (QED) is 0.455. The fraction of sp³-hybridized carbons (Fsp3) is 0.714. The SMILES string of the molecule is C=C(C)C(=O)OCCNC(=O)O[C@@H]1CO[C@H]2[C@@H]1OC[C@@H]2C. The van der Waals surface area contributed by atoms with Crippen molar-refractivity contribution in [3.63, 3.8) is 0 Å². The van der Waals surface area contributed by atoms with Crippen LogP contribution in [-0.4, -0.2) is 56.7 Å². The fourth-order valence-corrected chi connectivity index (χ4v) is 2.36. The maximum absolute atomic E-state index is 11.6. The van der Waals surface area contributed by atoms with Crippen LogP contribution in [0.2, 0.25) is 0 Å². The minimum absolute atomic E-state index is 0.000628. The van der Waals surface area contributed by atoms with Crippen LogP contribution >= 0.6 is 0 Å². The highest BCUT2D eigenvalue weighted by Gasteiger charge is 2.47. The molecule has 0 aromatic carbocycles. The van der Waals surface area contributed by atoms with Crippen molar-refractivity contribution >= 4 is 12.1 Å². The molecule has 0 aromatic heterocycles. The number of esters is 1. The Balaban J connectivity index is 1.64. The van der Waals surface area contributed by atoms with E-state index in [1.165, 1.54) is 0 Å². The van der Waals surface area contributed by atoms with Crippen LogP contribution in [0.4, 0.5) is 4.79 Å². The summed E-state index contributed by atoms with van der Waals surface area (Å²) in [5, 5.41) is 2.52. The van der Waals surface area contributed by atoms with Gasteiger partial charge in [0.25, 0.3) is 0 Å². The van der Waals surface area contributed by atoms with Crippen LogP contribution in [0.1, 0.15) is 13.8 Å². The number of nitrogens with one attached hydrogen (secondary N) is 1. The van der Waals surface area contributed by atoms with Gasteiger partial charge in [-0.05, 0) is 6.92 Å². The molecular formula is C14H21NO6. The molecule has 0 bridgehead atoms. The predicted molar refractivity (Wildman–Crippen MR) is 72.7 cm³/mol. The molecule has 118 valence electrons. The number of carbonyl (C=O) groups excluding carboxylic acids is 2.